The highest BCUT2D eigenvalue weighted by atomic mass is 31.2. The molecule has 2 unspecified atom stereocenters. The zero-order chi connectivity index (χ0) is 44.3. The van der Waals surface area contributed by atoms with E-state index in [0.717, 1.165) is 96.3 Å². The van der Waals surface area contributed by atoms with Gasteiger partial charge in [0.15, 0.2) is 6.10 Å². The van der Waals surface area contributed by atoms with E-state index in [1.807, 2.05) is 21.1 Å². The number of phosphoric acid groups is 1. The molecule has 0 saturated heterocycles. The summed E-state index contributed by atoms with van der Waals surface area (Å²) in [6.45, 7) is 4.35. The van der Waals surface area contributed by atoms with E-state index >= 15 is 0 Å². The number of allylic oxidation sites excluding steroid dienone is 10. The van der Waals surface area contributed by atoms with Crippen molar-refractivity contribution in [3.63, 3.8) is 0 Å². The van der Waals surface area contributed by atoms with Gasteiger partial charge in [-0.05, 0) is 83.5 Å². The predicted molar refractivity (Wildman–Crippen MR) is 252 cm³/mol. The zero-order valence-corrected chi connectivity index (χ0v) is 40.1. The van der Waals surface area contributed by atoms with Crippen LogP contribution in [0.5, 0.6) is 0 Å². The molecule has 0 aliphatic rings. The third-order valence-corrected chi connectivity index (χ3v) is 11.0. The maximum Gasteiger partial charge on any atom is 0.472 e. The molecule has 0 aromatic heterocycles. The van der Waals surface area contributed by atoms with Crippen LogP contribution in [0.4, 0.5) is 0 Å². The van der Waals surface area contributed by atoms with Crippen molar-refractivity contribution < 1.29 is 42.1 Å². The number of unbranched alkanes of at least 4 members (excludes halogenated alkanes) is 19. The molecule has 1 N–H and O–H groups in total. The van der Waals surface area contributed by atoms with Crippen molar-refractivity contribution in [3.8, 4) is 0 Å². The molecule has 0 aliphatic heterocycles. The van der Waals surface area contributed by atoms with Crippen LogP contribution in [0.25, 0.3) is 0 Å². The lowest BCUT2D eigenvalue weighted by atomic mass is 10.1. The summed E-state index contributed by atoms with van der Waals surface area (Å²) >= 11 is 0. The van der Waals surface area contributed by atoms with E-state index in [0.29, 0.717) is 17.4 Å². The Morgan fingerprint density at radius 3 is 1.37 bits per heavy atom. The number of phosphoric ester groups is 1. The van der Waals surface area contributed by atoms with Gasteiger partial charge in [0.1, 0.15) is 19.8 Å². The summed E-state index contributed by atoms with van der Waals surface area (Å²) in [6, 6.07) is 0. The lowest BCUT2D eigenvalue weighted by Crippen LogP contribution is -2.37. The number of nitrogens with zero attached hydrogens (tertiary/aromatic N) is 1. The van der Waals surface area contributed by atoms with Gasteiger partial charge in [-0.3, -0.25) is 18.6 Å². The van der Waals surface area contributed by atoms with E-state index in [-0.39, 0.29) is 32.0 Å². The molecule has 0 rings (SSSR count). The first-order chi connectivity index (χ1) is 29.0. The van der Waals surface area contributed by atoms with Gasteiger partial charge in [-0.15, -0.1) is 0 Å². The molecule has 10 heteroatoms. The first-order valence-corrected chi connectivity index (χ1v) is 25.5. The Hall–Kier alpha value is -2.29. The highest BCUT2D eigenvalue weighted by Crippen LogP contribution is 2.43. The Balaban J connectivity index is 4.36. The van der Waals surface area contributed by atoms with E-state index < -0.39 is 26.5 Å². The van der Waals surface area contributed by atoms with Gasteiger partial charge < -0.3 is 18.9 Å². The Bertz CT molecular complexity index is 1210. The fraction of sp³-hybridized carbons (Fsp3) is 0.760. The molecule has 348 valence electrons. The molecule has 60 heavy (non-hydrogen) atoms. The first kappa shape index (κ1) is 57.7. The summed E-state index contributed by atoms with van der Waals surface area (Å²) < 4.78 is 34.4. The lowest BCUT2D eigenvalue weighted by Gasteiger charge is -2.24. The number of rotatable bonds is 43. The number of quaternary nitrogens is 1. The van der Waals surface area contributed by atoms with Gasteiger partial charge in [-0.25, -0.2) is 4.57 Å². The largest absolute Gasteiger partial charge is 0.472 e. The fourth-order valence-electron chi connectivity index (χ4n) is 6.23. The van der Waals surface area contributed by atoms with E-state index in [1.165, 1.54) is 64.2 Å². The van der Waals surface area contributed by atoms with Crippen LogP contribution in [-0.4, -0.2) is 74.9 Å². The van der Waals surface area contributed by atoms with Crippen molar-refractivity contribution in [2.75, 3.05) is 47.5 Å². The number of hydrogen-bond acceptors (Lipinski definition) is 7. The molecule has 9 nitrogen and oxygen atoms in total. The quantitative estimate of drug-likeness (QED) is 0.0212. The normalized spacial score (nSPS) is 14.0. The van der Waals surface area contributed by atoms with Crippen LogP contribution < -0.4 is 0 Å². The summed E-state index contributed by atoms with van der Waals surface area (Å²) in [5.74, 6) is -0.831. The second kappa shape index (κ2) is 42.0. The average molecular weight is 865 g/mol. The monoisotopic (exact) mass is 865 g/mol. The number of esters is 2. The molecular formula is C50H91NO8P+. The van der Waals surface area contributed by atoms with Crippen molar-refractivity contribution in [2.24, 2.45) is 0 Å². The van der Waals surface area contributed by atoms with Gasteiger partial charge in [-0.1, -0.05) is 158 Å². The summed E-state index contributed by atoms with van der Waals surface area (Å²) in [5.41, 5.74) is 0. The fourth-order valence-corrected chi connectivity index (χ4v) is 6.97. The smallest absolute Gasteiger partial charge is 0.462 e. The molecular weight excluding hydrogens is 774 g/mol. The van der Waals surface area contributed by atoms with Crippen LogP contribution in [-0.2, 0) is 32.7 Å². The van der Waals surface area contributed by atoms with Gasteiger partial charge in [0.25, 0.3) is 0 Å². The second-order valence-electron chi connectivity index (χ2n) is 17.1. The van der Waals surface area contributed by atoms with Gasteiger partial charge in [0.05, 0.1) is 27.7 Å². The van der Waals surface area contributed by atoms with Crippen LogP contribution in [0.1, 0.15) is 194 Å². The summed E-state index contributed by atoms with van der Waals surface area (Å²) in [6.07, 6.45) is 51.2. The van der Waals surface area contributed by atoms with Crippen LogP contribution in [0.15, 0.2) is 60.8 Å². The van der Waals surface area contributed by atoms with Crippen molar-refractivity contribution in [1.29, 1.82) is 0 Å². The first-order valence-electron chi connectivity index (χ1n) is 24.0. The minimum Gasteiger partial charge on any atom is -0.462 e. The van der Waals surface area contributed by atoms with E-state index in [1.54, 1.807) is 0 Å². The van der Waals surface area contributed by atoms with Crippen molar-refractivity contribution in [1.82, 2.24) is 0 Å². The average Bonchev–Trinajstić information content (AvgIpc) is 3.20. The Labute approximate surface area is 368 Å². The minimum atomic E-state index is -4.39. The zero-order valence-electron chi connectivity index (χ0n) is 39.2. The summed E-state index contributed by atoms with van der Waals surface area (Å²) in [5, 5.41) is 0. The summed E-state index contributed by atoms with van der Waals surface area (Å²) in [7, 11) is 1.45. The third kappa shape index (κ3) is 45.2. The number of carbonyl (C=O) groups excluding carboxylic acids is 2. The predicted octanol–water partition coefficient (Wildman–Crippen LogP) is 14.0. The topological polar surface area (TPSA) is 108 Å². The Morgan fingerprint density at radius 1 is 0.517 bits per heavy atom. The van der Waals surface area contributed by atoms with Gasteiger partial charge >= 0.3 is 19.8 Å². The molecule has 0 heterocycles. The standard InChI is InChI=1S/C50H90NO8P/c1-6-8-10-12-14-16-18-20-22-23-24-25-26-27-29-31-33-35-37-39-41-43-50(53)59-48(47-58-60(54,55)57-45-44-51(3,4)5)46-56-49(52)42-40-38-36-34-32-30-28-21-19-17-15-13-11-9-7-2/h15,17-18,20-21,23-24,26-28,48H,6-14,16,19,22,25,29-47H2,1-5H3/p+1/b17-15-,20-18-,24-23-,27-26-,28-21-. The van der Waals surface area contributed by atoms with E-state index in [9.17, 15) is 19.0 Å². The van der Waals surface area contributed by atoms with Gasteiger partial charge in [0.2, 0.25) is 0 Å². The van der Waals surface area contributed by atoms with Crippen LogP contribution in [0, 0.1) is 0 Å². The lowest BCUT2D eigenvalue weighted by molar-refractivity contribution is -0.870. The Morgan fingerprint density at radius 2 is 0.900 bits per heavy atom. The highest BCUT2D eigenvalue weighted by molar-refractivity contribution is 7.47. The number of hydrogen-bond donors (Lipinski definition) is 1. The van der Waals surface area contributed by atoms with Crippen molar-refractivity contribution >= 4 is 19.8 Å². The molecule has 0 amide bonds. The molecule has 0 aromatic rings. The molecule has 0 spiro atoms. The highest BCUT2D eigenvalue weighted by Gasteiger charge is 2.27. The SMILES string of the molecule is CCCCC/C=C\C/C=C\CCCCCCCC(=O)OCC(COP(=O)(O)OCC[N+](C)(C)C)OC(=O)CCCCCCCC/C=C\C/C=C\C/C=C\CCCCCCC. The Kier molecular flexibility index (Phi) is 40.4. The second-order valence-corrected chi connectivity index (χ2v) is 18.6. The number of likely N-dealkylation sites (N-methyl/N-ethyl adjacent to an activating group) is 1. The maximum absolute atomic E-state index is 12.7. The molecule has 0 aliphatic carbocycles. The third-order valence-electron chi connectivity index (χ3n) is 10.0. The molecule has 0 radical (unpaired) electrons. The van der Waals surface area contributed by atoms with Gasteiger partial charge in [-0.2, -0.15) is 0 Å². The maximum atomic E-state index is 12.7. The van der Waals surface area contributed by atoms with E-state index in [2.05, 4.69) is 74.6 Å². The van der Waals surface area contributed by atoms with Crippen LogP contribution in [0.3, 0.4) is 0 Å². The minimum absolute atomic E-state index is 0.0240. The summed E-state index contributed by atoms with van der Waals surface area (Å²) in [4.78, 5) is 35.5. The number of ether oxygens (including phenoxy) is 2. The molecule has 2 atom stereocenters. The van der Waals surface area contributed by atoms with E-state index in [4.69, 9.17) is 18.5 Å². The van der Waals surface area contributed by atoms with Crippen LogP contribution >= 0.6 is 7.82 Å². The molecule has 0 bridgehead atoms. The molecule has 0 aromatic carbocycles. The number of carbonyl (C=O) groups is 2. The van der Waals surface area contributed by atoms with Crippen molar-refractivity contribution in [2.45, 2.75) is 200 Å². The molecule has 0 saturated carbocycles. The van der Waals surface area contributed by atoms with Gasteiger partial charge in [0, 0.05) is 12.8 Å². The molecule has 0 fully saturated rings. The van der Waals surface area contributed by atoms with Crippen molar-refractivity contribution in [3.05, 3.63) is 60.8 Å². The van der Waals surface area contributed by atoms with Crippen LogP contribution in [0.2, 0.25) is 0 Å².